The lowest BCUT2D eigenvalue weighted by molar-refractivity contribution is 0.357. The van der Waals surface area contributed by atoms with Gasteiger partial charge in [0.25, 0.3) is 10.0 Å². The smallest absolute Gasteiger partial charge is 0.232 e. The van der Waals surface area contributed by atoms with Crippen LogP contribution in [0.25, 0.3) is 0 Å². The molecule has 1 aromatic rings. The molecule has 1 aromatic heterocycles. The first-order chi connectivity index (χ1) is 8.08. The number of hydrogen-bond acceptors (Lipinski definition) is 4. The highest BCUT2D eigenvalue weighted by Crippen LogP contribution is 2.25. The van der Waals surface area contributed by atoms with Gasteiger partial charge in [-0.2, -0.15) is 0 Å². The molecule has 1 aliphatic carbocycles. The van der Waals surface area contributed by atoms with Gasteiger partial charge >= 0.3 is 0 Å². The van der Waals surface area contributed by atoms with Crippen LogP contribution in [0.1, 0.15) is 32.1 Å². The first-order valence-electron chi connectivity index (χ1n) is 5.69. The molecule has 0 aromatic carbocycles. The molecule has 96 valence electrons. The lowest BCUT2D eigenvalue weighted by Gasteiger charge is -2.21. The van der Waals surface area contributed by atoms with Crippen molar-refractivity contribution in [1.82, 2.24) is 9.71 Å². The van der Waals surface area contributed by atoms with E-state index >= 15 is 0 Å². The second kappa shape index (κ2) is 5.65. The fourth-order valence-corrected chi connectivity index (χ4v) is 4.51. The van der Waals surface area contributed by atoms with Gasteiger partial charge in [-0.25, -0.2) is 18.1 Å². The van der Waals surface area contributed by atoms with Gasteiger partial charge in [0.2, 0.25) is 0 Å². The number of rotatable bonds is 4. The van der Waals surface area contributed by atoms with Crippen molar-refractivity contribution in [2.24, 2.45) is 5.92 Å². The van der Waals surface area contributed by atoms with E-state index in [1.165, 1.54) is 25.5 Å². The van der Waals surface area contributed by atoms with E-state index in [-0.39, 0.29) is 8.68 Å². The van der Waals surface area contributed by atoms with Crippen molar-refractivity contribution in [1.29, 1.82) is 0 Å². The zero-order valence-electron chi connectivity index (χ0n) is 9.36. The van der Waals surface area contributed by atoms with E-state index in [0.29, 0.717) is 12.5 Å². The van der Waals surface area contributed by atoms with Crippen LogP contribution in [0.5, 0.6) is 0 Å². The Morgan fingerprint density at radius 1 is 1.41 bits per heavy atom. The average Bonchev–Trinajstić information content (AvgIpc) is 2.76. The summed E-state index contributed by atoms with van der Waals surface area (Å²) >= 11 is 6.62. The highest BCUT2D eigenvalue weighted by atomic mass is 35.5. The molecule has 1 aliphatic rings. The monoisotopic (exact) mass is 294 g/mol. The average molecular weight is 295 g/mol. The molecular weight excluding hydrogens is 280 g/mol. The Balaban J connectivity index is 1.93. The molecule has 0 saturated heterocycles. The summed E-state index contributed by atoms with van der Waals surface area (Å²) in [5.41, 5.74) is 0. The van der Waals surface area contributed by atoms with Crippen LogP contribution in [0.2, 0.25) is 4.47 Å². The van der Waals surface area contributed by atoms with E-state index in [1.807, 2.05) is 0 Å². The van der Waals surface area contributed by atoms with Crippen molar-refractivity contribution in [3.8, 4) is 0 Å². The summed E-state index contributed by atoms with van der Waals surface area (Å²) in [6.45, 7) is 0.526. The Bertz CT molecular complexity index is 466. The lowest BCUT2D eigenvalue weighted by atomic mass is 9.90. The Hall–Kier alpha value is -0.170. The van der Waals surface area contributed by atoms with Gasteiger partial charge in [0.15, 0.2) is 8.68 Å². The summed E-state index contributed by atoms with van der Waals surface area (Å²) in [6, 6.07) is 0. The van der Waals surface area contributed by atoms with Gasteiger partial charge in [0.05, 0.1) is 6.20 Å². The first-order valence-corrected chi connectivity index (χ1v) is 8.37. The third-order valence-electron chi connectivity index (χ3n) is 3.01. The second-order valence-corrected chi connectivity index (χ2v) is 7.89. The predicted octanol–water partition coefficient (Wildman–Crippen LogP) is 2.66. The highest BCUT2D eigenvalue weighted by Gasteiger charge is 2.20. The molecule has 1 heterocycles. The van der Waals surface area contributed by atoms with Gasteiger partial charge in [-0.15, -0.1) is 0 Å². The van der Waals surface area contributed by atoms with E-state index in [1.54, 1.807) is 0 Å². The normalized spacial score (nSPS) is 18.4. The van der Waals surface area contributed by atoms with E-state index < -0.39 is 10.0 Å². The van der Waals surface area contributed by atoms with Crippen LogP contribution < -0.4 is 4.72 Å². The van der Waals surface area contributed by atoms with Crippen LogP contribution in [0, 0.1) is 5.92 Å². The lowest BCUT2D eigenvalue weighted by Crippen LogP contribution is -2.29. The minimum atomic E-state index is -3.42. The molecule has 17 heavy (non-hydrogen) atoms. The van der Waals surface area contributed by atoms with Crippen LogP contribution in [0.15, 0.2) is 10.4 Å². The highest BCUT2D eigenvalue weighted by molar-refractivity contribution is 7.91. The summed E-state index contributed by atoms with van der Waals surface area (Å²) in [6.07, 6.45) is 7.22. The van der Waals surface area contributed by atoms with Crippen molar-refractivity contribution in [2.45, 2.75) is 36.3 Å². The van der Waals surface area contributed by atoms with Crippen LogP contribution in [0.3, 0.4) is 0 Å². The third-order valence-corrected chi connectivity index (χ3v) is 6.01. The second-order valence-electron chi connectivity index (χ2n) is 4.29. The minimum Gasteiger partial charge on any atom is -0.232 e. The number of hydrogen-bond donors (Lipinski definition) is 1. The topological polar surface area (TPSA) is 59.1 Å². The van der Waals surface area contributed by atoms with Gasteiger partial charge < -0.3 is 0 Å². The Labute approximate surface area is 110 Å². The summed E-state index contributed by atoms with van der Waals surface area (Å²) in [7, 11) is -3.42. The molecule has 0 aliphatic heterocycles. The quantitative estimate of drug-likeness (QED) is 0.929. The number of thiazole rings is 1. The van der Waals surface area contributed by atoms with Crippen LogP contribution in [-0.2, 0) is 10.0 Å². The number of sulfonamides is 1. The van der Waals surface area contributed by atoms with Crippen molar-refractivity contribution in [3.63, 3.8) is 0 Å². The third kappa shape index (κ3) is 3.64. The summed E-state index contributed by atoms with van der Waals surface area (Å²) in [5.74, 6) is 0.474. The largest absolute Gasteiger partial charge is 0.251 e. The number of halogens is 1. The summed E-state index contributed by atoms with van der Waals surface area (Å²) < 4.78 is 26.9. The molecule has 1 N–H and O–H groups in total. The number of nitrogens with one attached hydrogen (secondary N) is 1. The summed E-state index contributed by atoms with van der Waals surface area (Å²) in [4.78, 5) is 3.74. The maximum absolute atomic E-state index is 11.9. The standard InChI is InChI=1S/C10H15ClN2O2S2/c11-10-12-7-9(16-10)17(14,15)13-6-8-4-2-1-3-5-8/h7-8,13H,1-6H2. The molecule has 7 heteroatoms. The molecule has 0 spiro atoms. The zero-order valence-corrected chi connectivity index (χ0v) is 11.7. The fraction of sp³-hybridized carbons (Fsp3) is 0.700. The Kier molecular flexibility index (Phi) is 4.41. The maximum Gasteiger partial charge on any atom is 0.251 e. The van der Waals surface area contributed by atoms with Crippen molar-refractivity contribution >= 4 is 33.0 Å². The van der Waals surface area contributed by atoms with Crippen LogP contribution in [0.4, 0.5) is 0 Å². The van der Waals surface area contributed by atoms with E-state index in [0.717, 1.165) is 24.2 Å². The van der Waals surface area contributed by atoms with Gasteiger partial charge in [-0.3, -0.25) is 0 Å². The fourth-order valence-electron chi connectivity index (χ4n) is 2.05. The predicted molar refractivity (Wildman–Crippen MR) is 68.9 cm³/mol. The van der Waals surface area contributed by atoms with E-state index in [2.05, 4.69) is 9.71 Å². The molecule has 0 amide bonds. The molecule has 0 unspecified atom stereocenters. The van der Waals surface area contributed by atoms with Gasteiger partial charge in [-0.05, 0) is 18.8 Å². The molecule has 0 atom stereocenters. The molecule has 0 bridgehead atoms. The van der Waals surface area contributed by atoms with Crippen molar-refractivity contribution < 1.29 is 8.42 Å². The van der Waals surface area contributed by atoms with E-state index in [9.17, 15) is 8.42 Å². The Morgan fingerprint density at radius 2 is 2.12 bits per heavy atom. The Morgan fingerprint density at radius 3 is 2.71 bits per heavy atom. The molecule has 1 fully saturated rings. The van der Waals surface area contributed by atoms with Gasteiger partial charge in [0, 0.05) is 6.54 Å². The van der Waals surface area contributed by atoms with Gasteiger partial charge in [0.1, 0.15) is 0 Å². The van der Waals surface area contributed by atoms with E-state index in [4.69, 9.17) is 11.6 Å². The molecular formula is C10H15ClN2O2S2. The number of aromatic nitrogens is 1. The first kappa shape index (κ1) is 13.3. The SMILES string of the molecule is O=S(=O)(NCC1CCCCC1)c1cnc(Cl)s1. The maximum atomic E-state index is 11.9. The zero-order chi connectivity index (χ0) is 12.3. The summed E-state index contributed by atoms with van der Waals surface area (Å²) in [5, 5.41) is 0. The molecule has 2 rings (SSSR count). The van der Waals surface area contributed by atoms with Crippen molar-refractivity contribution in [3.05, 3.63) is 10.7 Å². The molecule has 0 radical (unpaired) electrons. The minimum absolute atomic E-state index is 0.193. The molecule has 4 nitrogen and oxygen atoms in total. The molecule has 1 saturated carbocycles. The van der Waals surface area contributed by atoms with Crippen molar-refractivity contribution in [2.75, 3.05) is 6.54 Å². The van der Waals surface area contributed by atoms with Crippen LogP contribution in [-0.4, -0.2) is 19.9 Å². The van der Waals surface area contributed by atoms with Gasteiger partial charge in [-0.1, -0.05) is 42.2 Å². The van der Waals surface area contributed by atoms with Crippen LogP contribution >= 0.6 is 22.9 Å². The number of nitrogens with zero attached hydrogens (tertiary/aromatic N) is 1.